The summed E-state index contributed by atoms with van der Waals surface area (Å²) in [5.41, 5.74) is 8.08. The Kier molecular flexibility index (Phi) is 6.90. The third-order valence-corrected chi connectivity index (χ3v) is 8.55. The van der Waals surface area contributed by atoms with Crippen LogP contribution in [0.3, 0.4) is 0 Å². The number of hydrogen-bond acceptors (Lipinski definition) is 7. The topological polar surface area (TPSA) is 87.3 Å². The fourth-order valence-corrected chi connectivity index (χ4v) is 5.95. The van der Waals surface area contributed by atoms with Gasteiger partial charge in [0.1, 0.15) is 5.58 Å². The maximum atomic E-state index is 13.6. The number of fused-ring (bicyclic) bond motifs is 2. The van der Waals surface area contributed by atoms with Crippen LogP contribution in [0.15, 0.2) is 69.0 Å². The number of nitrogens with zero attached hydrogens (tertiary/aromatic N) is 2. The minimum Gasteiger partial charge on any atom is -0.440 e. The minimum atomic E-state index is -1.06. The Bertz CT molecular complexity index is 1720. The maximum Gasteiger partial charge on any atom is 0.583 e. The lowest BCUT2D eigenvalue weighted by Gasteiger charge is -2.37. The summed E-state index contributed by atoms with van der Waals surface area (Å²) in [6, 6.07) is 17.9. The molecular formula is C33H36BN3O4. The number of oxime groups is 1. The first-order valence-electron chi connectivity index (χ1n) is 14.3. The molecule has 0 amide bonds. The number of piperidine rings is 1. The van der Waals surface area contributed by atoms with Crippen molar-refractivity contribution in [3.8, 4) is 11.1 Å². The molecule has 0 saturated carbocycles. The average molecular weight is 549 g/mol. The first kappa shape index (κ1) is 27.2. The predicted octanol–water partition coefficient (Wildman–Crippen LogP) is 5.93. The molecular weight excluding hydrogens is 513 g/mol. The van der Waals surface area contributed by atoms with E-state index in [1.54, 1.807) is 6.21 Å². The summed E-state index contributed by atoms with van der Waals surface area (Å²) < 4.78 is 11.6. The molecule has 41 heavy (non-hydrogen) atoms. The standard InChI is InChI=1S/C33H36BN3O4/c1-20-16-26(31-27(17-20)30(38)21(2)32(40-31)37-14-12-33(4,5)13-15-37)22(3)36-29-9-7-6-8-25(29)23-10-11-28-24(18-23)19-35-41-34(28)39/h6-11,16-19,22,36,39H,12-15H2,1-5H3/t22-/m1/s1. The van der Waals surface area contributed by atoms with Crippen LogP contribution < -0.4 is 21.1 Å². The van der Waals surface area contributed by atoms with Crippen LogP contribution in [0.2, 0.25) is 0 Å². The predicted molar refractivity (Wildman–Crippen MR) is 167 cm³/mol. The fraction of sp³-hybridized carbons (Fsp3) is 0.333. The molecule has 3 heterocycles. The van der Waals surface area contributed by atoms with Crippen molar-refractivity contribution in [3.05, 3.63) is 87.1 Å². The summed E-state index contributed by atoms with van der Waals surface area (Å²) in [4.78, 5) is 15.9. The van der Waals surface area contributed by atoms with Crippen molar-refractivity contribution in [2.24, 2.45) is 10.6 Å². The van der Waals surface area contributed by atoms with Gasteiger partial charge < -0.3 is 24.4 Å². The van der Waals surface area contributed by atoms with Gasteiger partial charge in [-0.15, -0.1) is 5.16 Å². The molecule has 0 radical (unpaired) electrons. The SMILES string of the molecule is Cc1cc([C@@H](C)Nc2ccccc2-c2ccc3c(c2)C=NOB3O)c2oc(N3CCC(C)(C)CC3)c(C)c(=O)c2c1. The first-order valence-corrected chi connectivity index (χ1v) is 14.3. The molecule has 210 valence electrons. The molecule has 1 saturated heterocycles. The second kappa shape index (κ2) is 10.4. The van der Waals surface area contributed by atoms with E-state index in [-0.39, 0.29) is 11.5 Å². The molecule has 2 aliphatic rings. The van der Waals surface area contributed by atoms with E-state index < -0.39 is 7.12 Å². The lowest BCUT2D eigenvalue weighted by atomic mass is 9.75. The van der Waals surface area contributed by atoms with Gasteiger partial charge in [-0.2, -0.15) is 0 Å². The van der Waals surface area contributed by atoms with Crippen LogP contribution in [0, 0.1) is 19.3 Å². The van der Waals surface area contributed by atoms with Crippen molar-refractivity contribution in [3.63, 3.8) is 0 Å². The molecule has 0 spiro atoms. The number of anilines is 2. The van der Waals surface area contributed by atoms with E-state index in [4.69, 9.17) is 9.17 Å². The Morgan fingerprint density at radius 2 is 1.83 bits per heavy atom. The van der Waals surface area contributed by atoms with Crippen molar-refractivity contribution < 1.29 is 14.2 Å². The smallest absolute Gasteiger partial charge is 0.440 e. The number of aryl methyl sites for hydroxylation is 1. The summed E-state index contributed by atoms with van der Waals surface area (Å²) in [7, 11) is -1.06. The molecule has 0 aliphatic carbocycles. The van der Waals surface area contributed by atoms with Gasteiger partial charge in [-0.3, -0.25) is 4.79 Å². The summed E-state index contributed by atoms with van der Waals surface area (Å²) in [5.74, 6) is 0.692. The van der Waals surface area contributed by atoms with Gasteiger partial charge in [-0.05, 0) is 73.9 Å². The van der Waals surface area contributed by atoms with E-state index in [0.717, 1.165) is 59.4 Å². The minimum absolute atomic E-state index is 0.0329. The van der Waals surface area contributed by atoms with Gasteiger partial charge in [-0.1, -0.05) is 50.2 Å². The molecule has 0 bridgehead atoms. The quantitative estimate of drug-likeness (QED) is 0.300. The number of nitrogens with one attached hydrogen (secondary N) is 1. The summed E-state index contributed by atoms with van der Waals surface area (Å²) in [6.07, 6.45) is 3.74. The Hall–Kier alpha value is -4.04. The fourth-order valence-electron chi connectivity index (χ4n) is 5.95. The zero-order valence-electron chi connectivity index (χ0n) is 24.3. The van der Waals surface area contributed by atoms with E-state index in [0.29, 0.717) is 33.3 Å². The van der Waals surface area contributed by atoms with Crippen molar-refractivity contribution >= 4 is 41.3 Å². The Labute approximate surface area is 241 Å². The van der Waals surface area contributed by atoms with Gasteiger partial charge in [0.05, 0.1) is 23.2 Å². The number of para-hydroxylation sites is 1. The molecule has 7 nitrogen and oxygen atoms in total. The van der Waals surface area contributed by atoms with Gasteiger partial charge in [0, 0.05) is 35.4 Å². The molecule has 3 aromatic carbocycles. The highest BCUT2D eigenvalue weighted by atomic mass is 16.6. The number of rotatable bonds is 5. The number of benzene rings is 3. The molecule has 1 fully saturated rings. The normalized spacial score (nSPS) is 16.8. The van der Waals surface area contributed by atoms with Crippen molar-refractivity contribution in [2.45, 2.75) is 53.5 Å². The highest BCUT2D eigenvalue weighted by molar-refractivity contribution is 6.62. The van der Waals surface area contributed by atoms with Crippen LogP contribution >= 0.6 is 0 Å². The number of hydrogen-bond donors (Lipinski definition) is 2. The molecule has 6 rings (SSSR count). The Balaban J connectivity index is 1.38. The maximum absolute atomic E-state index is 13.6. The van der Waals surface area contributed by atoms with Crippen LogP contribution in [-0.4, -0.2) is 31.4 Å². The summed E-state index contributed by atoms with van der Waals surface area (Å²) in [5, 5.41) is 18.2. The van der Waals surface area contributed by atoms with Gasteiger partial charge in [-0.25, -0.2) is 0 Å². The lowest BCUT2D eigenvalue weighted by molar-refractivity contribution is 0.274. The molecule has 0 unspecified atom stereocenters. The summed E-state index contributed by atoms with van der Waals surface area (Å²) >= 11 is 0. The summed E-state index contributed by atoms with van der Waals surface area (Å²) in [6.45, 7) is 12.4. The molecule has 2 aliphatic heterocycles. The molecule has 2 N–H and O–H groups in total. The van der Waals surface area contributed by atoms with Crippen LogP contribution in [-0.2, 0) is 4.76 Å². The zero-order valence-corrected chi connectivity index (χ0v) is 24.3. The third-order valence-electron chi connectivity index (χ3n) is 8.55. The Morgan fingerprint density at radius 1 is 1.07 bits per heavy atom. The highest BCUT2D eigenvalue weighted by Crippen LogP contribution is 2.37. The van der Waals surface area contributed by atoms with Crippen LogP contribution in [0.5, 0.6) is 0 Å². The van der Waals surface area contributed by atoms with E-state index in [2.05, 4.69) is 54.3 Å². The van der Waals surface area contributed by atoms with Crippen LogP contribution in [0.25, 0.3) is 22.1 Å². The Morgan fingerprint density at radius 3 is 2.61 bits per heavy atom. The lowest BCUT2D eigenvalue weighted by Crippen LogP contribution is -2.38. The van der Waals surface area contributed by atoms with Crippen molar-refractivity contribution in [1.82, 2.24) is 0 Å². The van der Waals surface area contributed by atoms with E-state index in [9.17, 15) is 9.82 Å². The van der Waals surface area contributed by atoms with Gasteiger partial charge in [0.2, 0.25) is 5.88 Å². The molecule has 1 aromatic heterocycles. The first-order chi connectivity index (χ1) is 19.6. The largest absolute Gasteiger partial charge is 0.583 e. The molecule has 1 atom stereocenters. The van der Waals surface area contributed by atoms with E-state index >= 15 is 0 Å². The van der Waals surface area contributed by atoms with Crippen molar-refractivity contribution in [1.29, 1.82) is 0 Å². The molecule has 4 aromatic rings. The third kappa shape index (κ3) is 5.13. The van der Waals surface area contributed by atoms with E-state index in [1.165, 1.54) is 0 Å². The second-order valence-electron chi connectivity index (χ2n) is 12.2. The van der Waals surface area contributed by atoms with E-state index in [1.807, 2.05) is 50.2 Å². The molecule has 8 heteroatoms. The monoisotopic (exact) mass is 549 g/mol. The van der Waals surface area contributed by atoms with Crippen molar-refractivity contribution in [2.75, 3.05) is 23.3 Å². The zero-order chi connectivity index (χ0) is 28.9. The average Bonchev–Trinajstić information content (AvgIpc) is 2.95. The van der Waals surface area contributed by atoms with Crippen LogP contribution in [0.4, 0.5) is 11.6 Å². The van der Waals surface area contributed by atoms with Gasteiger partial charge in [0.25, 0.3) is 0 Å². The second-order valence-corrected chi connectivity index (χ2v) is 12.2. The van der Waals surface area contributed by atoms with Gasteiger partial charge in [0.15, 0.2) is 5.43 Å². The van der Waals surface area contributed by atoms with Crippen LogP contribution in [0.1, 0.15) is 61.9 Å². The highest BCUT2D eigenvalue weighted by Gasteiger charge is 2.29. The van der Waals surface area contributed by atoms with Gasteiger partial charge >= 0.3 is 7.12 Å².